The average molecular weight is 310 g/mol. The van der Waals surface area contributed by atoms with Gasteiger partial charge in [-0.3, -0.25) is 4.98 Å². The molecular formula is C14H7Cl3N2. The van der Waals surface area contributed by atoms with Gasteiger partial charge in [-0.05, 0) is 29.8 Å². The number of hydrogen-bond donors (Lipinski definition) is 0. The molecule has 0 radical (unpaired) electrons. The van der Waals surface area contributed by atoms with Crippen LogP contribution in [0.1, 0.15) is 11.1 Å². The van der Waals surface area contributed by atoms with Gasteiger partial charge in [0, 0.05) is 23.0 Å². The minimum Gasteiger partial charge on any atom is -0.265 e. The van der Waals surface area contributed by atoms with Crippen molar-refractivity contribution in [1.82, 2.24) is 4.98 Å². The lowest BCUT2D eigenvalue weighted by atomic mass is 10.0. The number of halogens is 3. The van der Waals surface area contributed by atoms with Gasteiger partial charge in [0.15, 0.2) is 0 Å². The first kappa shape index (κ1) is 13.9. The van der Waals surface area contributed by atoms with Crippen molar-refractivity contribution in [3.8, 4) is 6.07 Å². The third-order valence-corrected chi connectivity index (χ3v) is 3.41. The number of nitriles is 1. The van der Waals surface area contributed by atoms with E-state index in [4.69, 9.17) is 34.8 Å². The first-order valence-electron chi connectivity index (χ1n) is 5.29. The second-order valence-electron chi connectivity index (χ2n) is 3.66. The molecule has 5 heteroatoms. The Balaban J connectivity index is 2.59. The van der Waals surface area contributed by atoms with Crippen LogP contribution in [-0.2, 0) is 0 Å². The van der Waals surface area contributed by atoms with Gasteiger partial charge in [0.05, 0.1) is 15.6 Å². The molecule has 0 unspecified atom stereocenters. The number of aromatic nitrogens is 1. The van der Waals surface area contributed by atoms with Crippen molar-refractivity contribution >= 4 is 45.4 Å². The molecular weight excluding hydrogens is 303 g/mol. The zero-order valence-corrected chi connectivity index (χ0v) is 11.8. The van der Waals surface area contributed by atoms with Crippen LogP contribution >= 0.6 is 34.8 Å². The zero-order chi connectivity index (χ0) is 13.8. The highest BCUT2D eigenvalue weighted by Gasteiger charge is 2.12. The van der Waals surface area contributed by atoms with Crippen LogP contribution < -0.4 is 0 Å². The molecule has 0 spiro atoms. The lowest BCUT2D eigenvalue weighted by Gasteiger charge is -2.06. The molecule has 2 aromatic rings. The molecule has 0 aliphatic heterocycles. The van der Waals surface area contributed by atoms with Gasteiger partial charge in [0.1, 0.15) is 6.07 Å². The highest BCUT2D eigenvalue weighted by atomic mass is 35.5. The summed E-state index contributed by atoms with van der Waals surface area (Å²) in [6.45, 7) is 0. The molecule has 0 N–H and O–H groups in total. The molecule has 0 bridgehead atoms. The molecule has 1 aromatic heterocycles. The van der Waals surface area contributed by atoms with Crippen LogP contribution in [0.25, 0.3) is 10.6 Å². The number of pyridine rings is 1. The van der Waals surface area contributed by atoms with Crippen molar-refractivity contribution in [2.45, 2.75) is 0 Å². The fourth-order valence-corrected chi connectivity index (χ4v) is 2.43. The highest BCUT2D eigenvalue weighted by molar-refractivity contribution is 6.55. The third kappa shape index (κ3) is 3.08. The Bertz CT molecular complexity index is 673. The Labute approximate surface area is 125 Å². The standard InChI is InChI=1S/C14H7Cl3N2/c15-10-1-2-11(13(16)7-10)14(17)12(8-18)9-3-5-19-6-4-9/h1-7H/b14-12-. The number of nitrogens with zero attached hydrogens (tertiary/aromatic N) is 2. The van der Waals surface area contributed by atoms with Crippen LogP contribution in [-0.4, -0.2) is 4.98 Å². The first-order valence-corrected chi connectivity index (χ1v) is 6.42. The minimum absolute atomic E-state index is 0.287. The van der Waals surface area contributed by atoms with Gasteiger partial charge in [0.2, 0.25) is 0 Å². The van der Waals surface area contributed by atoms with E-state index in [0.29, 0.717) is 26.7 Å². The largest absolute Gasteiger partial charge is 0.265 e. The van der Waals surface area contributed by atoms with E-state index >= 15 is 0 Å². The van der Waals surface area contributed by atoms with Crippen LogP contribution in [0.2, 0.25) is 10.0 Å². The molecule has 94 valence electrons. The maximum absolute atomic E-state index is 9.27. The summed E-state index contributed by atoms with van der Waals surface area (Å²) < 4.78 is 0. The van der Waals surface area contributed by atoms with Gasteiger partial charge in [-0.1, -0.05) is 40.9 Å². The van der Waals surface area contributed by atoms with Gasteiger partial charge >= 0.3 is 0 Å². The molecule has 0 amide bonds. The maximum Gasteiger partial charge on any atom is 0.101 e. The molecule has 0 atom stereocenters. The van der Waals surface area contributed by atoms with Crippen molar-refractivity contribution in [3.63, 3.8) is 0 Å². The van der Waals surface area contributed by atoms with Crippen molar-refractivity contribution in [2.75, 3.05) is 0 Å². The summed E-state index contributed by atoms with van der Waals surface area (Å²) in [5.41, 5.74) is 1.60. The summed E-state index contributed by atoms with van der Waals surface area (Å²) in [7, 11) is 0. The summed E-state index contributed by atoms with van der Waals surface area (Å²) in [6, 6.07) is 10.5. The van der Waals surface area contributed by atoms with E-state index in [0.717, 1.165) is 0 Å². The molecule has 0 saturated heterocycles. The van der Waals surface area contributed by atoms with Gasteiger partial charge in [-0.25, -0.2) is 0 Å². The zero-order valence-electron chi connectivity index (χ0n) is 9.57. The topological polar surface area (TPSA) is 36.7 Å². The molecule has 0 saturated carbocycles. The predicted molar refractivity (Wildman–Crippen MR) is 79.0 cm³/mol. The van der Waals surface area contributed by atoms with Crippen molar-refractivity contribution < 1.29 is 0 Å². The second kappa shape index (κ2) is 6.08. The molecule has 1 aromatic carbocycles. The average Bonchev–Trinajstić information content (AvgIpc) is 2.40. The summed E-state index contributed by atoms with van der Waals surface area (Å²) in [5.74, 6) is 0. The molecule has 2 rings (SSSR count). The van der Waals surface area contributed by atoms with Gasteiger partial charge in [0.25, 0.3) is 0 Å². The normalized spacial score (nSPS) is 11.7. The Hall–Kier alpha value is -1.53. The third-order valence-electron chi connectivity index (χ3n) is 2.47. The van der Waals surface area contributed by atoms with Crippen LogP contribution in [0, 0.1) is 11.3 Å². The lowest BCUT2D eigenvalue weighted by Crippen LogP contribution is -1.88. The Morgan fingerprint density at radius 2 is 1.79 bits per heavy atom. The number of hydrogen-bond acceptors (Lipinski definition) is 2. The van der Waals surface area contributed by atoms with Crippen LogP contribution in [0.5, 0.6) is 0 Å². The molecule has 0 aliphatic carbocycles. The van der Waals surface area contributed by atoms with E-state index in [1.165, 1.54) is 0 Å². The highest BCUT2D eigenvalue weighted by Crippen LogP contribution is 2.34. The fourth-order valence-electron chi connectivity index (χ4n) is 1.56. The van der Waals surface area contributed by atoms with E-state index in [2.05, 4.69) is 11.1 Å². The van der Waals surface area contributed by atoms with E-state index in [1.807, 2.05) is 0 Å². The molecule has 1 heterocycles. The number of allylic oxidation sites excluding steroid dienone is 1. The van der Waals surface area contributed by atoms with Crippen LogP contribution in [0.4, 0.5) is 0 Å². The predicted octanol–water partition coefficient (Wildman–Crippen LogP) is 5.02. The lowest BCUT2D eigenvalue weighted by molar-refractivity contribution is 1.32. The summed E-state index contributed by atoms with van der Waals surface area (Å²) >= 11 is 18.2. The molecule has 0 aliphatic rings. The van der Waals surface area contributed by atoms with Crippen molar-refractivity contribution in [2.24, 2.45) is 0 Å². The van der Waals surface area contributed by atoms with Gasteiger partial charge < -0.3 is 0 Å². The quantitative estimate of drug-likeness (QED) is 0.730. The monoisotopic (exact) mass is 308 g/mol. The second-order valence-corrected chi connectivity index (χ2v) is 4.88. The number of rotatable bonds is 2. The Morgan fingerprint density at radius 3 is 2.37 bits per heavy atom. The van der Waals surface area contributed by atoms with Crippen LogP contribution in [0.3, 0.4) is 0 Å². The summed E-state index contributed by atoms with van der Waals surface area (Å²) in [4.78, 5) is 3.90. The van der Waals surface area contributed by atoms with Crippen molar-refractivity contribution in [1.29, 1.82) is 5.26 Å². The molecule has 0 fully saturated rings. The first-order chi connectivity index (χ1) is 9.13. The SMILES string of the molecule is N#C/C(=C(/Cl)c1ccc(Cl)cc1Cl)c1ccncc1. The van der Waals surface area contributed by atoms with E-state index in [9.17, 15) is 5.26 Å². The molecule has 2 nitrogen and oxygen atoms in total. The number of benzene rings is 1. The fraction of sp³-hybridized carbons (Fsp3) is 0. The van der Waals surface area contributed by atoms with Gasteiger partial charge in [-0.15, -0.1) is 0 Å². The Morgan fingerprint density at radius 1 is 1.11 bits per heavy atom. The van der Waals surface area contributed by atoms with E-state index < -0.39 is 0 Å². The minimum atomic E-state index is 0.287. The molecule has 19 heavy (non-hydrogen) atoms. The van der Waals surface area contributed by atoms with Crippen molar-refractivity contribution in [3.05, 3.63) is 63.9 Å². The maximum atomic E-state index is 9.27. The summed E-state index contributed by atoms with van der Waals surface area (Å²) in [6.07, 6.45) is 3.20. The Kier molecular flexibility index (Phi) is 4.44. The van der Waals surface area contributed by atoms with Gasteiger partial charge in [-0.2, -0.15) is 5.26 Å². The smallest absolute Gasteiger partial charge is 0.101 e. The van der Waals surface area contributed by atoms with E-state index in [-0.39, 0.29) is 5.03 Å². The summed E-state index contributed by atoms with van der Waals surface area (Å²) in [5, 5.41) is 10.5. The van der Waals surface area contributed by atoms with E-state index in [1.54, 1.807) is 42.7 Å². The van der Waals surface area contributed by atoms with Crippen LogP contribution in [0.15, 0.2) is 42.7 Å².